The standard InChI is InChI=1S/C22H15F3O2/c1-26-21(22(23,24)25)17-11-5-4-9-15(17)18-13-7-2-3-8-14(13)20-16(19(18)21)10-6-12-27-20/h2-11H,12H2,1H3. The fraction of sp³-hybridized carbons (Fsp3) is 0.182. The molecule has 3 aromatic carbocycles. The zero-order valence-electron chi connectivity index (χ0n) is 14.4. The van der Waals surface area contributed by atoms with Gasteiger partial charge in [0.2, 0.25) is 5.60 Å². The van der Waals surface area contributed by atoms with E-state index in [4.69, 9.17) is 9.47 Å². The van der Waals surface area contributed by atoms with Crippen molar-refractivity contribution in [2.24, 2.45) is 0 Å². The van der Waals surface area contributed by atoms with Crippen LogP contribution >= 0.6 is 0 Å². The van der Waals surface area contributed by atoms with Crippen LogP contribution in [0, 0.1) is 0 Å². The molecule has 5 rings (SSSR count). The molecule has 0 fully saturated rings. The Bertz CT molecular complexity index is 1110. The second kappa shape index (κ2) is 5.36. The minimum Gasteiger partial charge on any atom is -0.488 e. The van der Waals surface area contributed by atoms with Crippen molar-refractivity contribution >= 4 is 16.8 Å². The average Bonchev–Trinajstić information content (AvgIpc) is 3.00. The maximum absolute atomic E-state index is 14.6. The van der Waals surface area contributed by atoms with E-state index >= 15 is 0 Å². The Morgan fingerprint density at radius 3 is 2.44 bits per heavy atom. The lowest BCUT2D eigenvalue weighted by molar-refractivity contribution is -0.256. The summed E-state index contributed by atoms with van der Waals surface area (Å²) in [6.07, 6.45) is -1.18. The van der Waals surface area contributed by atoms with Crippen LogP contribution in [0.5, 0.6) is 5.75 Å². The summed E-state index contributed by atoms with van der Waals surface area (Å²) in [4.78, 5) is 0. The van der Waals surface area contributed by atoms with Crippen LogP contribution < -0.4 is 4.74 Å². The van der Waals surface area contributed by atoms with E-state index in [1.54, 1.807) is 30.4 Å². The summed E-state index contributed by atoms with van der Waals surface area (Å²) in [5.41, 5.74) is -0.752. The topological polar surface area (TPSA) is 18.5 Å². The summed E-state index contributed by atoms with van der Waals surface area (Å²) in [5, 5.41) is 1.54. The molecule has 0 saturated carbocycles. The van der Waals surface area contributed by atoms with E-state index in [0.29, 0.717) is 29.0 Å². The lowest BCUT2D eigenvalue weighted by Gasteiger charge is -2.34. The van der Waals surface area contributed by atoms with Crippen molar-refractivity contribution in [3.63, 3.8) is 0 Å². The van der Waals surface area contributed by atoms with E-state index in [0.717, 1.165) is 17.9 Å². The minimum absolute atomic E-state index is 0.114. The van der Waals surface area contributed by atoms with Crippen molar-refractivity contribution < 1.29 is 22.6 Å². The lowest BCUT2D eigenvalue weighted by atomic mass is 9.84. The maximum Gasteiger partial charge on any atom is 0.426 e. The molecule has 1 aliphatic heterocycles. The molecule has 1 atom stereocenters. The van der Waals surface area contributed by atoms with E-state index < -0.39 is 11.8 Å². The summed E-state index contributed by atoms with van der Waals surface area (Å²) in [7, 11) is 1.12. The zero-order valence-corrected chi connectivity index (χ0v) is 14.4. The number of rotatable bonds is 1. The number of fused-ring (bicyclic) bond motifs is 8. The van der Waals surface area contributed by atoms with Crippen molar-refractivity contribution in [1.29, 1.82) is 0 Å². The van der Waals surface area contributed by atoms with Gasteiger partial charge in [-0.2, -0.15) is 13.2 Å². The molecule has 0 amide bonds. The van der Waals surface area contributed by atoms with Gasteiger partial charge < -0.3 is 9.47 Å². The molecule has 1 aliphatic carbocycles. The molecule has 1 heterocycles. The second-order valence-electron chi connectivity index (χ2n) is 6.68. The third-order valence-electron chi connectivity index (χ3n) is 5.45. The minimum atomic E-state index is -4.63. The number of halogens is 3. The molecule has 3 aromatic rings. The third kappa shape index (κ3) is 1.90. The summed E-state index contributed by atoms with van der Waals surface area (Å²) in [6.45, 7) is 0.328. The molecular weight excluding hydrogens is 353 g/mol. The van der Waals surface area contributed by atoms with Crippen molar-refractivity contribution in [1.82, 2.24) is 0 Å². The van der Waals surface area contributed by atoms with Gasteiger partial charge in [-0.25, -0.2) is 0 Å². The third-order valence-corrected chi connectivity index (χ3v) is 5.45. The molecule has 0 radical (unpaired) electrons. The van der Waals surface area contributed by atoms with Crippen molar-refractivity contribution in [2.45, 2.75) is 11.8 Å². The van der Waals surface area contributed by atoms with Crippen LogP contribution in [0.1, 0.15) is 16.7 Å². The molecule has 0 spiro atoms. The smallest absolute Gasteiger partial charge is 0.426 e. The fourth-order valence-electron chi connectivity index (χ4n) is 4.45. The quantitative estimate of drug-likeness (QED) is 0.550. The molecule has 27 heavy (non-hydrogen) atoms. The van der Waals surface area contributed by atoms with Crippen molar-refractivity contribution in [3.8, 4) is 16.9 Å². The number of hydrogen-bond acceptors (Lipinski definition) is 2. The Labute approximate surface area is 153 Å². The van der Waals surface area contributed by atoms with Crippen LogP contribution in [-0.2, 0) is 10.3 Å². The van der Waals surface area contributed by atoms with Crippen LogP contribution in [0.15, 0.2) is 54.6 Å². The highest BCUT2D eigenvalue weighted by atomic mass is 19.4. The summed E-state index contributed by atoms with van der Waals surface area (Å²) in [5.74, 6) is 0.477. The van der Waals surface area contributed by atoms with Gasteiger partial charge in [0, 0.05) is 29.2 Å². The highest BCUT2D eigenvalue weighted by Crippen LogP contribution is 2.61. The molecule has 5 heteroatoms. The normalized spacial score (nSPS) is 20.1. The van der Waals surface area contributed by atoms with Gasteiger partial charge in [-0.15, -0.1) is 0 Å². The first-order valence-electron chi connectivity index (χ1n) is 8.61. The van der Waals surface area contributed by atoms with Crippen LogP contribution in [-0.4, -0.2) is 19.9 Å². The molecule has 136 valence electrons. The van der Waals surface area contributed by atoms with Crippen LogP contribution in [0.3, 0.4) is 0 Å². The van der Waals surface area contributed by atoms with Gasteiger partial charge in [-0.1, -0.05) is 54.6 Å². The maximum atomic E-state index is 14.6. The molecule has 1 unspecified atom stereocenters. The van der Waals surface area contributed by atoms with Crippen molar-refractivity contribution in [2.75, 3.05) is 13.7 Å². The van der Waals surface area contributed by atoms with Gasteiger partial charge in [0.05, 0.1) is 0 Å². The van der Waals surface area contributed by atoms with Crippen LogP contribution in [0.4, 0.5) is 13.2 Å². The van der Waals surface area contributed by atoms with E-state index in [-0.39, 0.29) is 11.1 Å². The van der Waals surface area contributed by atoms with E-state index in [1.807, 2.05) is 24.3 Å². The first-order chi connectivity index (χ1) is 13.0. The van der Waals surface area contributed by atoms with Crippen molar-refractivity contribution in [3.05, 3.63) is 71.3 Å². The number of alkyl halides is 3. The highest BCUT2D eigenvalue weighted by Gasteiger charge is 2.63. The SMILES string of the molecule is COC1(C(F)(F)F)c2ccccc2-c2c1c1c(c3ccccc23)OCC=C1. The van der Waals surface area contributed by atoms with Gasteiger partial charge in [0.25, 0.3) is 0 Å². The highest BCUT2D eigenvalue weighted by molar-refractivity contribution is 6.08. The van der Waals surface area contributed by atoms with Gasteiger partial charge in [-0.3, -0.25) is 0 Å². The summed E-state index contributed by atoms with van der Waals surface area (Å²) < 4.78 is 54.8. The largest absolute Gasteiger partial charge is 0.488 e. The van der Waals surface area contributed by atoms with E-state index in [2.05, 4.69) is 0 Å². The molecule has 0 aromatic heterocycles. The summed E-state index contributed by atoms with van der Waals surface area (Å²) in [6, 6.07) is 14.0. The Kier molecular flexibility index (Phi) is 3.25. The number of hydrogen-bond donors (Lipinski definition) is 0. The van der Waals surface area contributed by atoms with Crippen LogP contribution in [0.2, 0.25) is 0 Å². The molecule has 0 N–H and O–H groups in total. The Morgan fingerprint density at radius 1 is 1.00 bits per heavy atom. The first kappa shape index (κ1) is 16.4. The zero-order chi connectivity index (χ0) is 18.8. The lowest BCUT2D eigenvalue weighted by Crippen LogP contribution is -2.44. The molecule has 2 aliphatic rings. The van der Waals surface area contributed by atoms with E-state index in [1.165, 1.54) is 6.07 Å². The molecule has 0 bridgehead atoms. The average molecular weight is 368 g/mol. The van der Waals surface area contributed by atoms with Gasteiger partial charge >= 0.3 is 6.18 Å². The van der Waals surface area contributed by atoms with Gasteiger partial charge in [0.1, 0.15) is 12.4 Å². The molecule has 2 nitrogen and oxygen atoms in total. The summed E-state index contributed by atoms with van der Waals surface area (Å²) >= 11 is 0. The van der Waals surface area contributed by atoms with E-state index in [9.17, 15) is 13.2 Å². The molecule has 0 saturated heterocycles. The second-order valence-corrected chi connectivity index (χ2v) is 6.68. The van der Waals surface area contributed by atoms with Crippen LogP contribution in [0.25, 0.3) is 28.0 Å². The monoisotopic (exact) mass is 368 g/mol. The first-order valence-corrected chi connectivity index (χ1v) is 8.61. The number of methoxy groups -OCH3 is 1. The fourth-order valence-corrected chi connectivity index (χ4v) is 4.45. The Morgan fingerprint density at radius 2 is 1.70 bits per heavy atom. The Hall–Kier alpha value is -2.79. The predicted octanol–water partition coefficient (Wildman–Crippen LogP) is 5.68. The van der Waals surface area contributed by atoms with Gasteiger partial charge in [-0.05, 0) is 22.6 Å². The number of benzene rings is 3. The predicted molar refractivity (Wildman–Crippen MR) is 97.8 cm³/mol. The Balaban J connectivity index is 2.07. The molecular formula is C22H15F3O2. The number of ether oxygens (including phenoxy) is 2. The van der Waals surface area contributed by atoms with Gasteiger partial charge in [0.15, 0.2) is 0 Å².